The second-order valence-electron chi connectivity index (χ2n) is 6.45. The maximum atomic E-state index is 11.9. The summed E-state index contributed by atoms with van der Waals surface area (Å²) in [4.78, 5) is 11.9. The number of aliphatic hydroxyl groups excluding tert-OH is 2. The van der Waals surface area contributed by atoms with Crippen LogP contribution in [-0.4, -0.2) is 35.5 Å². The van der Waals surface area contributed by atoms with Crippen LogP contribution < -0.4 is 0 Å². The predicted molar refractivity (Wildman–Crippen MR) is 96.5 cm³/mol. The number of allylic oxidation sites excluding steroid dienone is 3. The third kappa shape index (κ3) is 7.75. The number of carbonyl (C=O) groups excluding carboxylic acids is 1. The number of cyclic esters (lactones) is 1. The van der Waals surface area contributed by atoms with Gasteiger partial charge in [-0.3, -0.25) is 0 Å². The van der Waals surface area contributed by atoms with Crippen molar-refractivity contribution < 1.29 is 19.7 Å². The molecule has 0 aromatic rings. The molecule has 1 heterocycles. The first kappa shape index (κ1) is 20.4. The molecule has 0 saturated heterocycles. The number of esters is 1. The van der Waals surface area contributed by atoms with Gasteiger partial charge in [-0.25, -0.2) is 4.79 Å². The van der Waals surface area contributed by atoms with Crippen LogP contribution in [-0.2, 0) is 9.53 Å². The first-order valence-electron chi connectivity index (χ1n) is 8.56. The van der Waals surface area contributed by atoms with Crippen LogP contribution in [0.3, 0.4) is 0 Å². The van der Waals surface area contributed by atoms with E-state index in [1.807, 2.05) is 13.0 Å². The maximum absolute atomic E-state index is 11.9. The van der Waals surface area contributed by atoms with Gasteiger partial charge in [0.15, 0.2) is 0 Å². The molecule has 0 bridgehead atoms. The van der Waals surface area contributed by atoms with Crippen molar-refractivity contribution in [3.8, 4) is 0 Å². The van der Waals surface area contributed by atoms with Gasteiger partial charge in [0.05, 0.1) is 13.2 Å². The van der Waals surface area contributed by atoms with Gasteiger partial charge in [-0.2, -0.15) is 0 Å². The summed E-state index contributed by atoms with van der Waals surface area (Å²) in [5.74, 6) is -0.191. The van der Waals surface area contributed by atoms with Crippen LogP contribution in [0.1, 0.15) is 52.9 Å². The van der Waals surface area contributed by atoms with Crippen LogP contribution in [0.25, 0.3) is 0 Å². The van der Waals surface area contributed by atoms with Gasteiger partial charge in [0, 0.05) is 12.0 Å². The van der Waals surface area contributed by atoms with Crippen molar-refractivity contribution in [3.63, 3.8) is 0 Å². The van der Waals surface area contributed by atoms with Crippen LogP contribution in [0.4, 0.5) is 0 Å². The van der Waals surface area contributed by atoms with Crippen LogP contribution >= 0.6 is 0 Å². The second kappa shape index (κ2) is 11.0. The topological polar surface area (TPSA) is 66.8 Å². The van der Waals surface area contributed by atoms with Crippen molar-refractivity contribution in [2.45, 2.75) is 59.0 Å². The third-order valence-electron chi connectivity index (χ3n) is 3.94. The summed E-state index contributed by atoms with van der Waals surface area (Å²) in [5, 5.41) is 18.0. The van der Waals surface area contributed by atoms with E-state index >= 15 is 0 Å². The summed E-state index contributed by atoms with van der Waals surface area (Å²) in [5.41, 5.74) is 4.04. The van der Waals surface area contributed by atoms with E-state index in [9.17, 15) is 4.79 Å². The van der Waals surface area contributed by atoms with Crippen LogP contribution in [0.5, 0.6) is 0 Å². The highest BCUT2D eigenvalue weighted by Crippen LogP contribution is 2.23. The number of hydrogen-bond donors (Lipinski definition) is 2. The summed E-state index contributed by atoms with van der Waals surface area (Å²) >= 11 is 0. The lowest BCUT2D eigenvalue weighted by Gasteiger charge is -2.08. The molecule has 0 aromatic heterocycles. The fourth-order valence-corrected chi connectivity index (χ4v) is 2.62. The van der Waals surface area contributed by atoms with Crippen molar-refractivity contribution in [2.75, 3.05) is 13.2 Å². The van der Waals surface area contributed by atoms with Gasteiger partial charge in [0.25, 0.3) is 0 Å². The van der Waals surface area contributed by atoms with Crippen molar-refractivity contribution in [2.24, 2.45) is 0 Å². The van der Waals surface area contributed by atoms with Gasteiger partial charge in [0.2, 0.25) is 0 Å². The minimum atomic E-state index is -0.191. The Kier molecular flexibility index (Phi) is 9.35. The molecule has 0 aromatic carbocycles. The summed E-state index contributed by atoms with van der Waals surface area (Å²) in [7, 11) is 0. The molecule has 4 nitrogen and oxygen atoms in total. The molecule has 134 valence electrons. The molecule has 0 aliphatic carbocycles. The highest BCUT2D eigenvalue weighted by molar-refractivity contribution is 5.90. The molecule has 1 rings (SSSR count). The lowest BCUT2D eigenvalue weighted by atomic mass is 10.0. The van der Waals surface area contributed by atoms with Crippen molar-refractivity contribution in [1.29, 1.82) is 0 Å². The molecule has 0 saturated carbocycles. The van der Waals surface area contributed by atoms with Crippen LogP contribution in [0, 0.1) is 0 Å². The van der Waals surface area contributed by atoms with E-state index in [1.54, 1.807) is 6.08 Å². The Hall–Kier alpha value is -1.65. The molecule has 0 unspecified atom stereocenters. The Labute approximate surface area is 145 Å². The summed E-state index contributed by atoms with van der Waals surface area (Å²) < 4.78 is 5.41. The fraction of sp³-hybridized carbons (Fsp3) is 0.550. The Balaban J connectivity index is 2.46. The van der Waals surface area contributed by atoms with Crippen LogP contribution in [0.2, 0.25) is 0 Å². The molecule has 0 spiro atoms. The van der Waals surface area contributed by atoms with E-state index in [4.69, 9.17) is 14.9 Å². The molecular formula is C20H30O4. The molecule has 4 heteroatoms. The average molecular weight is 334 g/mol. The van der Waals surface area contributed by atoms with E-state index in [2.05, 4.69) is 26.0 Å². The van der Waals surface area contributed by atoms with Gasteiger partial charge in [-0.1, -0.05) is 29.4 Å². The number of carbonyl (C=O) groups is 1. The number of hydrogen-bond acceptors (Lipinski definition) is 4. The first-order valence-corrected chi connectivity index (χ1v) is 8.56. The van der Waals surface area contributed by atoms with Gasteiger partial charge in [-0.15, -0.1) is 0 Å². The third-order valence-corrected chi connectivity index (χ3v) is 3.94. The zero-order valence-corrected chi connectivity index (χ0v) is 15.0. The van der Waals surface area contributed by atoms with Gasteiger partial charge < -0.3 is 14.9 Å². The zero-order chi connectivity index (χ0) is 17.9. The summed E-state index contributed by atoms with van der Waals surface area (Å²) in [6.07, 6.45) is 11.5. The Morgan fingerprint density at radius 2 is 1.92 bits per heavy atom. The Morgan fingerprint density at radius 3 is 2.54 bits per heavy atom. The number of ether oxygens (including phenoxy) is 1. The monoisotopic (exact) mass is 334 g/mol. The zero-order valence-electron chi connectivity index (χ0n) is 15.0. The molecule has 1 atom stereocenters. The van der Waals surface area contributed by atoms with E-state index in [0.29, 0.717) is 6.42 Å². The smallest absolute Gasteiger partial charge is 0.334 e. The molecule has 24 heavy (non-hydrogen) atoms. The quantitative estimate of drug-likeness (QED) is 0.473. The highest BCUT2D eigenvalue weighted by atomic mass is 16.5. The number of aliphatic hydroxyl groups is 2. The molecule has 0 radical (unpaired) electrons. The molecule has 0 fully saturated rings. The van der Waals surface area contributed by atoms with E-state index < -0.39 is 0 Å². The first-order chi connectivity index (χ1) is 11.5. The average Bonchev–Trinajstić information content (AvgIpc) is 2.85. The second-order valence-corrected chi connectivity index (χ2v) is 6.45. The minimum absolute atomic E-state index is 0.0224. The fourth-order valence-electron chi connectivity index (χ4n) is 2.62. The highest BCUT2D eigenvalue weighted by Gasteiger charge is 2.24. The van der Waals surface area contributed by atoms with Crippen molar-refractivity contribution >= 4 is 5.97 Å². The van der Waals surface area contributed by atoms with Gasteiger partial charge in [-0.05, 0) is 58.1 Å². The summed E-state index contributed by atoms with van der Waals surface area (Å²) in [6.45, 7) is 6.06. The summed E-state index contributed by atoms with van der Waals surface area (Å²) in [6, 6.07) is 0. The van der Waals surface area contributed by atoms with E-state index in [1.165, 1.54) is 5.57 Å². The van der Waals surface area contributed by atoms with Crippen LogP contribution in [0.15, 0.2) is 46.6 Å². The molecular weight excluding hydrogens is 304 g/mol. The molecule has 1 aliphatic heterocycles. The van der Waals surface area contributed by atoms with E-state index in [-0.39, 0.29) is 25.3 Å². The van der Waals surface area contributed by atoms with Gasteiger partial charge in [0.1, 0.15) is 6.10 Å². The van der Waals surface area contributed by atoms with E-state index in [0.717, 1.165) is 42.4 Å². The Morgan fingerprint density at radius 1 is 1.17 bits per heavy atom. The SMILES string of the molecule is CC(C)=CCCC1=C[C@@H](C/C(C)=C/CC/C(=C/CO)CO)OC1=O. The molecule has 0 amide bonds. The lowest BCUT2D eigenvalue weighted by Crippen LogP contribution is -2.08. The molecule has 2 N–H and O–H groups in total. The van der Waals surface area contributed by atoms with Gasteiger partial charge >= 0.3 is 5.97 Å². The lowest BCUT2D eigenvalue weighted by molar-refractivity contribution is -0.139. The largest absolute Gasteiger partial charge is 0.454 e. The predicted octanol–water partition coefficient (Wildman–Crippen LogP) is 3.61. The number of rotatable bonds is 10. The minimum Gasteiger partial charge on any atom is -0.454 e. The molecule has 1 aliphatic rings. The normalized spacial score (nSPS) is 18.5. The van der Waals surface area contributed by atoms with Crippen molar-refractivity contribution in [1.82, 2.24) is 0 Å². The standard InChI is InChI=1S/C20H30O4/c1-15(2)6-4-9-18-13-19(24-20(18)23)12-16(3)7-5-8-17(14-22)10-11-21/h6-7,10,13,19,21-22H,4-5,8-9,11-12,14H2,1-3H3/b16-7+,17-10-/t19-/m1/s1. The Bertz CT molecular complexity index is 534. The van der Waals surface area contributed by atoms with Crippen molar-refractivity contribution in [3.05, 3.63) is 46.6 Å². The maximum Gasteiger partial charge on any atom is 0.334 e.